The number of carbonyl (C=O) groups is 2. The summed E-state index contributed by atoms with van der Waals surface area (Å²) in [5.41, 5.74) is 4.68. The van der Waals surface area contributed by atoms with Gasteiger partial charge in [-0.3, -0.25) is 4.79 Å². The van der Waals surface area contributed by atoms with Crippen molar-refractivity contribution in [3.8, 4) is 11.1 Å². The molecule has 2 aromatic rings. The van der Waals surface area contributed by atoms with E-state index in [0.717, 1.165) is 11.1 Å². The van der Waals surface area contributed by atoms with Crippen LogP contribution in [0.1, 0.15) is 17.0 Å². The second-order valence-corrected chi connectivity index (χ2v) is 6.00. The summed E-state index contributed by atoms with van der Waals surface area (Å²) in [5.74, 6) is -0.109. The third-order valence-corrected chi connectivity index (χ3v) is 4.55. The molecule has 0 unspecified atom stereocenters. The van der Waals surface area contributed by atoms with Crippen LogP contribution in [0.5, 0.6) is 0 Å². The van der Waals surface area contributed by atoms with Gasteiger partial charge in [-0.2, -0.15) is 0 Å². The molecule has 1 N–H and O–H groups in total. The second kappa shape index (κ2) is 6.09. The molecule has 2 aliphatic rings. The summed E-state index contributed by atoms with van der Waals surface area (Å²) in [5, 5.41) is 2.56. The Kier molecular flexibility index (Phi) is 3.78. The number of fused-ring (bicyclic) bond motifs is 3. The molecule has 0 spiro atoms. The fourth-order valence-corrected chi connectivity index (χ4v) is 3.38. The van der Waals surface area contributed by atoms with E-state index in [9.17, 15) is 9.59 Å². The molecule has 1 aliphatic carbocycles. The van der Waals surface area contributed by atoms with Crippen LogP contribution in [-0.4, -0.2) is 37.7 Å². The van der Waals surface area contributed by atoms with Gasteiger partial charge in [0.05, 0.1) is 6.61 Å². The monoisotopic (exact) mass is 323 g/mol. The van der Waals surface area contributed by atoms with Gasteiger partial charge in [-0.25, -0.2) is 4.79 Å². The van der Waals surface area contributed by atoms with Gasteiger partial charge in [0.25, 0.3) is 0 Å². The summed E-state index contributed by atoms with van der Waals surface area (Å²) in [6.45, 7) is 0.499. The quantitative estimate of drug-likeness (QED) is 0.942. The Morgan fingerprint density at radius 1 is 1.08 bits per heavy atom. The third kappa shape index (κ3) is 2.57. The predicted molar refractivity (Wildman–Crippen MR) is 87.8 cm³/mol. The smallest absolute Gasteiger partial charge is 0.407 e. The molecule has 122 valence electrons. The SMILES string of the molecule is O=C(N[C@H]1COCC1=O)OCC1c2ccccc2-c2ccccc21. The topological polar surface area (TPSA) is 64.6 Å². The average Bonchev–Trinajstić information content (AvgIpc) is 3.15. The first kappa shape index (κ1) is 14.9. The largest absolute Gasteiger partial charge is 0.449 e. The Labute approximate surface area is 139 Å². The average molecular weight is 323 g/mol. The molecule has 2 aromatic carbocycles. The fraction of sp³-hybridized carbons (Fsp3) is 0.263. The number of hydrogen-bond donors (Lipinski definition) is 1. The van der Waals surface area contributed by atoms with Crippen LogP contribution in [0.4, 0.5) is 4.79 Å². The molecule has 0 radical (unpaired) electrons. The fourth-order valence-electron chi connectivity index (χ4n) is 3.38. The summed E-state index contributed by atoms with van der Waals surface area (Å²) in [6, 6.07) is 15.7. The number of benzene rings is 2. The minimum absolute atomic E-state index is 0.0127. The van der Waals surface area contributed by atoms with Crippen molar-refractivity contribution < 1.29 is 19.1 Å². The Balaban J connectivity index is 1.48. The van der Waals surface area contributed by atoms with Crippen molar-refractivity contribution in [2.45, 2.75) is 12.0 Å². The Hall–Kier alpha value is -2.66. The maximum Gasteiger partial charge on any atom is 0.407 e. The van der Waals surface area contributed by atoms with Crippen molar-refractivity contribution in [1.29, 1.82) is 0 Å². The van der Waals surface area contributed by atoms with Crippen molar-refractivity contribution in [3.05, 3.63) is 59.7 Å². The number of nitrogens with one attached hydrogen (secondary N) is 1. The molecule has 1 amide bonds. The first-order chi connectivity index (χ1) is 11.7. The molecule has 24 heavy (non-hydrogen) atoms. The first-order valence-corrected chi connectivity index (χ1v) is 7.96. The second-order valence-electron chi connectivity index (χ2n) is 6.00. The Bertz CT molecular complexity index is 756. The summed E-state index contributed by atoms with van der Waals surface area (Å²) in [7, 11) is 0. The lowest BCUT2D eigenvalue weighted by Crippen LogP contribution is -2.40. The number of rotatable bonds is 3. The highest BCUT2D eigenvalue weighted by Crippen LogP contribution is 2.44. The lowest BCUT2D eigenvalue weighted by Gasteiger charge is -2.15. The number of ether oxygens (including phenoxy) is 2. The molecule has 1 fully saturated rings. The van der Waals surface area contributed by atoms with Crippen molar-refractivity contribution in [2.75, 3.05) is 19.8 Å². The number of alkyl carbamates (subject to hydrolysis) is 1. The molecule has 1 heterocycles. The van der Waals surface area contributed by atoms with E-state index in [4.69, 9.17) is 9.47 Å². The zero-order valence-corrected chi connectivity index (χ0v) is 13.0. The van der Waals surface area contributed by atoms with Crippen molar-refractivity contribution >= 4 is 11.9 Å². The molecule has 1 atom stereocenters. The van der Waals surface area contributed by atoms with E-state index >= 15 is 0 Å². The molecular weight excluding hydrogens is 306 g/mol. The molecule has 0 bridgehead atoms. The van der Waals surface area contributed by atoms with Gasteiger partial charge in [0.2, 0.25) is 0 Å². The lowest BCUT2D eigenvalue weighted by molar-refractivity contribution is -0.119. The first-order valence-electron chi connectivity index (χ1n) is 7.96. The van der Waals surface area contributed by atoms with E-state index < -0.39 is 12.1 Å². The van der Waals surface area contributed by atoms with Gasteiger partial charge in [-0.1, -0.05) is 48.5 Å². The van der Waals surface area contributed by atoms with Crippen LogP contribution in [-0.2, 0) is 14.3 Å². The number of ketones is 1. The van der Waals surface area contributed by atoms with Crippen LogP contribution in [0.2, 0.25) is 0 Å². The Morgan fingerprint density at radius 3 is 2.29 bits per heavy atom. The molecule has 0 saturated carbocycles. The summed E-state index contributed by atoms with van der Waals surface area (Å²) in [6.07, 6.45) is -0.583. The number of amides is 1. The summed E-state index contributed by atoms with van der Waals surface area (Å²) < 4.78 is 10.4. The molecule has 5 heteroatoms. The third-order valence-electron chi connectivity index (χ3n) is 4.55. The highest BCUT2D eigenvalue weighted by molar-refractivity contribution is 5.89. The summed E-state index contributed by atoms with van der Waals surface area (Å²) >= 11 is 0. The van der Waals surface area contributed by atoms with E-state index in [1.807, 2.05) is 24.3 Å². The molecular formula is C19H17NO4. The van der Waals surface area contributed by atoms with Crippen molar-refractivity contribution in [1.82, 2.24) is 5.32 Å². The maximum atomic E-state index is 12.0. The number of Topliss-reactive ketones (excluding diaryl/α,β-unsaturated/α-hetero) is 1. The summed E-state index contributed by atoms with van der Waals surface area (Å²) in [4.78, 5) is 23.5. The van der Waals surface area contributed by atoms with Crippen LogP contribution in [0.15, 0.2) is 48.5 Å². The van der Waals surface area contributed by atoms with E-state index in [1.54, 1.807) is 0 Å². The van der Waals surface area contributed by atoms with Crippen molar-refractivity contribution in [3.63, 3.8) is 0 Å². The van der Waals surface area contributed by atoms with Gasteiger partial charge >= 0.3 is 6.09 Å². The lowest BCUT2D eigenvalue weighted by atomic mass is 9.98. The Morgan fingerprint density at radius 2 is 1.71 bits per heavy atom. The molecule has 4 rings (SSSR count). The highest BCUT2D eigenvalue weighted by atomic mass is 16.5. The van der Waals surface area contributed by atoms with Gasteiger partial charge < -0.3 is 14.8 Å². The van der Waals surface area contributed by atoms with E-state index in [0.29, 0.717) is 0 Å². The normalized spacial score (nSPS) is 19.0. The van der Waals surface area contributed by atoms with Gasteiger partial charge in [0.15, 0.2) is 5.78 Å². The molecule has 1 aliphatic heterocycles. The molecule has 1 saturated heterocycles. The van der Waals surface area contributed by atoms with E-state index in [1.165, 1.54) is 11.1 Å². The zero-order chi connectivity index (χ0) is 16.5. The zero-order valence-electron chi connectivity index (χ0n) is 13.0. The molecule has 5 nitrogen and oxygen atoms in total. The van der Waals surface area contributed by atoms with Crippen LogP contribution in [0.25, 0.3) is 11.1 Å². The van der Waals surface area contributed by atoms with Gasteiger partial charge in [-0.15, -0.1) is 0 Å². The van der Waals surface area contributed by atoms with Crippen LogP contribution in [0, 0.1) is 0 Å². The maximum absolute atomic E-state index is 12.0. The predicted octanol–water partition coefficient (Wildman–Crippen LogP) is 2.49. The molecule has 0 aromatic heterocycles. The van der Waals surface area contributed by atoms with Crippen LogP contribution in [0.3, 0.4) is 0 Å². The standard InChI is InChI=1S/C19H17NO4/c21-18-11-23-10-17(18)20-19(22)24-9-16-14-7-3-1-5-12(14)13-6-2-4-8-15(13)16/h1-8,16-17H,9-11H2,(H,20,22)/t17-/m0/s1. The van der Waals surface area contributed by atoms with Gasteiger partial charge in [-0.05, 0) is 22.3 Å². The van der Waals surface area contributed by atoms with Crippen molar-refractivity contribution in [2.24, 2.45) is 0 Å². The van der Waals surface area contributed by atoms with Gasteiger partial charge in [0, 0.05) is 5.92 Å². The minimum atomic E-state index is -0.597. The highest BCUT2D eigenvalue weighted by Gasteiger charge is 2.30. The van der Waals surface area contributed by atoms with Crippen LogP contribution < -0.4 is 5.32 Å². The number of hydrogen-bond acceptors (Lipinski definition) is 4. The van der Waals surface area contributed by atoms with E-state index in [2.05, 4.69) is 29.6 Å². The van der Waals surface area contributed by atoms with Crippen LogP contribution >= 0.6 is 0 Å². The minimum Gasteiger partial charge on any atom is -0.449 e. The van der Waals surface area contributed by atoms with Gasteiger partial charge in [0.1, 0.15) is 19.3 Å². The number of carbonyl (C=O) groups excluding carboxylic acids is 2. The van der Waals surface area contributed by atoms with E-state index in [-0.39, 0.29) is 31.5 Å².